The molecule has 0 radical (unpaired) electrons. The summed E-state index contributed by atoms with van der Waals surface area (Å²) in [7, 11) is 0. The summed E-state index contributed by atoms with van der Waals surface area (Å²) in [5.41, 5.74) is 0. The first-order valence-corrected chi connectivity index (χ1v) is 9.32. The molecule has 2 aliphatic rings. The van der Waals surface area contributed by atoms with E-state index in [4.69, 9.17) is 14.9 Å². The zero-order valence-electron chi connectivity index (χ0n) is 14.9. The third-order valence-electron chi connectivity index (χ3n) is 4.84. The van der Waals surface area contributed by atoms with Crippen LogP contribution in [0.15, 0.2) is 36.5 Å². The van der Waals surface area contributed by atoms with Crippen LogP contribution in [0, 0.1) is 11.8 Å². The van der Waals surface area contributed by atoms with Gasteiger partial charge < -0.3 is 10.2 Å². The van der Waals surface area contributed by atoms with Crippen molar-refractivity contribution in [3.05, 3.63) is 36.5 Å². The number of aliphatic hydroxyl groups excluding tert-OH is 1. The average Bonchev–Trinajstić information content (AvgIpc) is 3.17. The number of unbranched alkanes of at least 4 members (excludes halogenated alkanes) is 1. The van der Waals surface area contributed by atoms with E-state index in [0.717, 1.165) is 25.7 Å². The molecule has 5 heteroatoms. The lowest BCUT2D eigenvalue weighted by Gasteiger charge is -2.27. The number of rotatable bonds is 11. The zero-order valence-corrected chi connectivity index (χ0v) is 14.9. The standard InChI is InChI=1S/C20H30O5/c1-2-3-6-9-15(21)12-13-17-16(18-14-19(17)25-24-18)10-7-4-5-8-11-20(22)23/h3-4,6-7,12-13,15-19,21H,2,5,8-11,14H2,1H3,(H,22,23)/b6-3-,7-4-,13-12+/t15-,16-,17-,18+,19-/m1/s1. The van der Waals surface area contributed by atoms with Gasteiger partial charge in [0.25, 0.3) is 0 Å². The van der Waals surface area contributed by atoms with E-state index >= 15 is 0 Å². The van der Waals surface area contributed by atoms with Crippen molar-refractivity contribution in [2.45, 2.75) is 70.2 Å². The summed E-state index contributed by atoms with van der Waals surface area (Å²) in [6.45, 7) is 2.07. The van der Waals surface area contributed by atoms with Gasteiger partial charge in [0, 0.05) is 24.7 Å². The van der Waals surface area contributed by atoms with E-state index in [2.05, 4.69) is 31.2 Å². The van der Waals surface area contributed by atoms with Crippen LogP contribution in [0.4, 0.5) is 0 Å². The third kappa shape index (κ3) is 6.42. The summed E-state index contributed by atoms with van der Waals surface area (Å²) >= 11 is 0. The molecule has 1 saturated heterocycles. The van der Waals surface area contributed by atoms with Crippen LogP contribution in [0.25, 0.3) is 0 Å². The normalized spacial score (nSPS) is 30.2. The molecule has 1 aliphatic carbocycles. The molecular weight excluding hydrogens is 320 g/mol. The number of hydrogen-bond donors (Lipinski definition) is 2. The highest BCUT2D eigenvalue weighted by atomic mass is 17.2. The van der Waals surface area contributed by atoms with Gasteiger partial charge in [-0.05, 0) is 32.1 Å². The van der Waals surface area contributed by atoms with Crippen LogP contribution in [0.2, 0.25) is 0 Å². The molecule has 140 valence electrons. The maximum absolute atomic E-state index is 10.5. The van der Waals surface area contributed by atoms with Crippen molar-refractivity contribution in [3.8, 4) is 0 Å². The van der Waals surface area contributed by atoms with Gasteiger partial charge in [-0.15, -0.1) is 0 Å². The monoisotopic (exact) mass is 350 g/mol. The first-order chi connectivity index (χ1) is 12.1. The Morgan fingerprint density at radius 1 is 1.20 bits per heavy atom. The molecule has 1 aliphatic heterocycles. The molecule has 2 N–H and O–H groups in total. The molecule has 2 rings (SSSR count). The Balaban J connectivity index is 1.81. The SMILES string of the molecule is CC/C=C\C[C@@H](O)/C=C/[C@@H]1[C@@H](C/C=C\CCCC(=O)O)[C@@H]2C[C@H]1OO2. The summed E-state index contributed by atoms with van der Waals surface area (Å²) in [4.78, 5) is 21.2. The molecule has 5 atom stereocenters. The van der Waals surface area contributed by atoms with Gasteiger partial charge >= 0.3 is 5.97 Å². The van der Waals surface area contributed by atoms with Crippen LogP contribution in [0.1, 0.15) is 51.9 Å². The smallest absolute Gasteiger partial charge is 0.303 e. The van der Waals surface area contributed by atoms with E-state index in [1.807, 2.05) is 12.2 Å². The summed E-state index contributed by atoms with van der Waals surface area (Å²) < 4.78 is 0. The zero-order chi connectivity index (χ0) is 18.1. The van der Waals surface area contributed by atoms with Gasteiger partial charge in [0.2, 0.25) is 0 Å². The van der Waals surface area contributed by atoms with Crippen molar-refractivity contribution in [1.82, 2.24) is 0 Å². The molecule has 0 amide bonds. The summed E-state index contributed by atoms with van der Waals surface area (Å²) in [6.07, 6.45) is 17.0. The number of aliphatic hydroxyl groups is 1. The van der Waals surface area contributed by atoms with Crippen LogP contribution in [-0.4, -0.2) is 34.5 Å². The minimum Gasteiger partial charge on any atom is -0.481 e. The van der Waals surface area contributed by atoms with Gasteiger partial charge in [-0.1, -0.05) is 43.4 Å². The average molecular weight is 350 g/mol. The van der Waals surface area contributed by atoms with Crippen molar-refractivity contribution in [2.75, 3.05) is 0 Å². The molecule has 0 spiro atoms. The number of carboxylic acid groups (broad SMARTS) is 1. The molecule has 0 aromatic heterocycles. The van der Waals surface area contributed by atoms with Crippen molar-refractivity contribution in [1.29, 1.82) is 0 Å². The Labute approximate surface area is 149 Å². The first-order valence-electron chi connectivity index (χ1n) is 9.32. The van der Waals surface area contributed by atoms with Crippen LogP contribution in [-0.2, 0) is 14.6 Å². The van der Waals surface area contributed by atoms with E-state index in [1.54, 1.807) is 0 Å². The van der Waals surface area contributed by atoms with E-state index in [1.165, 1.54) is 0 Å². The Morgan fingerprint density at radius 2 is 2.00 bits per heavy atom. The van der Waals surface area contributed by atoms with Crippen LogP contribution < -0.4 is 0 Å². The number of aliphatic carboxylic acids is 1. The van der Waals surface area contributed by atoms with E-state index in [9.17, 15) is 9.90 Å². The van der Waals surface area contributed by atoms with Crippen molar-refractivity contribution < 1.29 is 24.8 Å². The predicted octanol–water partition coefficient (Wildman–Crippen LogP) is 3.80. The molecule has 25 heavy (non-hydrogen) atoms. The fourth-order valence-electron chi connectivity index (χ4n) is 3.50. The molecule has 1 saturated carbocycles. The molecule has 2 bridgehead atoms. The Bertz CT molecular complexity index is 496. The predicted molar refractivity (Wildman–Crippen MR) is 95.8 cm³/mol. The topological polar surface area (TPSA) is 76.0 Å². The van der Waals surface area contributed by atoms with Crippen LogP contribution >= 0.6 is 0 Å². The van der Waals surface area contributed by atoms with Crippen molar-refractivity contribution in [2.24, 2.45) is 11.8 Å². The van der Waals surface area contributed by atoms with E-state index in [0.29, 0.717) is 18.8 Å². The molecule has 5 nitrogen and oxygen atoms in total. The number of allylic oxidation sites excluding steroid dienone is 3. The minimum absolute atomic E-state index is 0.0741. The Hall–Kier alpha value is -1.43. The Kier molecular flexibility index (Phi) is 8.38. The van der Waals surface area contributed by atoms with Crippen molar-refractivity contribution in [3.63, 3.8) is 0 Å². The lowest BCUT2D eigenvalue weighted by atomic mass is 9.89. The fourth-order valence-corrected chi connectivity index (χ4v) is 3.50. The number of hydrogen-bond acceptors (Lipinski definition) is 4. The lowest BCUT2D eigenvalue weighted by Crippen LogP contribution is -2.28. The summed E-state index contributed by atoms with van der Waals surface area (Å²) in [5.74, 6) is -0.138. The first kappa shape index (κ1) is 19.9. The van der Waals surface area contributed by atoms with Gasteiger partial charge in [0.05, 0.1) is 12.2 Å². The largest absolute Gasteiger partial charge is 0.481 e. The van der Waals surface area contributed by atoms with Crippen LogP contribution in [0.3, 0.4) is 0 Å². The minimum atomic E-state index is -0.746. The highest BCUT2D eigenvalue weighted by Gasteiger charge is 2.49. The maximum Gasteiger partial charge on any atom is 0.303 e. The molecule has 2 fully saturated rings. The summed E-state index contributed by atoms with van der Waals surface area (Å²) in [6, 6.07) is 0. The van der Waals surface area contributed by atoms with Gasteiger partial charge in [-0.3, -0.25) is 4.79 Å². The van der Waals surface area contributed by atoms with Gasteiger partial charge in [0.15, 0.2) is 0 Å². The third-order valence-corrected chi connectivity index (χ3v) is 4.84. The second-order valence-corrected chi connectivity index (χ2v) is 6.81. The van der Waals surface area contributed by atoms with E-state index < -0.39 is 12.1 Å². The molecular formula is C20H30O5. The molecule has 0 aromatic carbocycles. The number of carbonyl (C=O) groups is 1. The van der Waals surface area contributed by atoms with Gasteiger partial charge in [-0.2, -0.15) is 0 Å². The summed E-state index contributed by atoms with van der Waals surface area (Å²) in [5, 5.41) is 18.7. The Morgan fingerprint density at radius 3 is 2.76 bits per heavy atom. The lowest BCUT2D eigenvalue weighted by molar-refractivity contribution is -0.336. The van der Waals surface area contributed by atoms with Crippen molar-refractivity contribution >= 4 is 5.97 Å². The number of fused-ring (bicyclic) bond motifs is 2. The quantitative estimate of drug-likeness (QED) is 0.337. The molecule has 0 aromatic rings. The highest BCUT2D eigenvalue weighted by Crippen LogP contribution is 2.44. The van der Waals surface area contributed by atoms with E-state index in [-0.39, 0.29) is 24.5 Å². The van der Waals surface area contributed by atoms with Crippen LogP contribution in [0.5, 0.6) is 0 Å². The maximum atomic E-state index is 10.5. The molecule has 1 heterocycles. The number of carboxylic acids is 1. The second-order valence-electron chi connectivity index (χ2n) is 6.81. The highest BCUT2D eigenvalue weighted by molar-refractivity contribution is 5.66. The fraction of sp³-hybridized carbons (Fsp3) is 0.650. The second kappa shape index (κ2) is 10.5. The van der Waals surface area contributed by atoms with Gasteiger partial charge in [-0.25, -0.2) is 9.78 Å². The molecule has 0 unspecified atom stereocenters. The van der Waals surface area contributed by atoms with Gasteiger partial charge in [0.1, 0.15) is 6.10 Å².